The van der Waals surface area contributed by atoms with Crippen LogP contribution in [0.1, 0.15) is 0 Å². The van der Waals surface area contributed by atoms with Crippen LogP contribution in [0.2, 0.25) is 0 Å². The second kappa shape index (κ2) is 5.18. The molecule has 5 nitrogen and oxygen atoms in total. The van der Waals surface area contributed by atoms with E-state index in [1.54, 1.807) is 12.1 Å². The van der Waals surface area contributed by atoms with Crippen molar-refractivity contribution < 1.29 is 19.0 Å². The van der Waals surface area contributed by atoms with E-state index in [-0.39, 0.29) is 12.8 Å². The van der Waals surface area contributed by atoms with E-state index in [1.165, 1.54) is 7.11 Å². The van der Waals surface area contributed by atoms with Crippen molar-refractivity contribution in [1.29, 1.82) is 0 Å². The number of hydrogen-bond donors (Lipinski definition) is 2. The lowest BCUT2D eigenvalue weighted by Gasteiger charge is -2.15. The van der Waals surface area contributed by atoms with Gasteiger partial charge in [0.25, 0.3) is 0 Å². The molecule has 0 bridgehead atoms. The molecule has 0 aliphatic carbocycles. The topological polar surface area (TPSA) is 56.8 Å². The van der Waals surface area contributed by atoms with Crippen LogP contribution in [0.3, 0.4) is 0 Å². The first-order valence-electron chi connectivity index (χ1n) is 5.09. The summed E-state index contributed by atoms with van der Waals surface area (Å²) < 4.78 is 15.1. The molecule has 6 heteroatoms. The van der Waals surface area contributed by atoms with Gasteiger partial charge in [-0.2, -0.15) is 12.6 Å². The highest BCUT2D eigenvalue weighted by atomic mass is 32.1. The monoisotopic (exact) mass is 255 g/mol. The van der Waals surface area contributed by atoms with Crippen molar-refractivity contribution in [3.05, 3.63) is 18.2 Å². The van der Waals surface area contributed by atoms with Crippen LogP contribution in [0.15, 0.2) is 18.2 Å². The summed E-state index contributed by atoms with van der Waals surface area (Å²) in [6.07, 6.45) is 0. The predicted octanol–water partition coefficient (Wildman–Crippen LogP) is 1.30. The summed E-state index contributed by atoms with van der Waals surface area (Å²) in [6, 6.07) is 4.90. The largest absolute Gasteiger partial charge is 0.467 e. The van der Waals surface area contributed by atoms with Crippen molar-refractivity contribution in [3.63, 3.8) is 0 Å². The summed E-state index contributed by atoms with van der Waals surface area (Å²) in [5.74, 6) is 1.37. The van der Waals surface area contributed by atoms with E-state index < -0.39 is 6.04 Å². The number of methoxy groups -OCH3 is 1. The summed E-state index contributed by atoms with van der Waals surface area (Å²) in [7, 11) is 1.35. The van der Waals surface area contributed by atoms with E-state index >= 15 is 0 Å². The van der Waals surface area contributed by atoms with Gasteiger partial charge in [-0.3, -0.25) is 0 Å². The molecule has 0 saturated carbocycles. The van der Waals surface area contributed by atoms with Gasteiger partial charge in [0, 0.05) is 17.5 Å². The molecule has 1 aromatic carbocycles. The second-order valence-corrected chi connectivity index (χ2v) is 3.84. The molecular formula is C11H13NO4S. The van der Waals surface area contributed by atoms with Gasteiger partial charge in [0.1, 0.15) is 6.04 Å². The van der Waals surface area contributed by atoms with Crippen LogP contribution in [0.4, 0.5) is 5.69 Å². The van der Waals surface area contributed by atoms with Gasteiger partial charge in [-0.05, 0) is 12.1 Å². The van der Waals surface area contributed by atoms with E-state index in [0.717, 1.165) is 5.69 Å². The zero-order valence-electron chi connectivity index (χ0n) is 9.30. The Morgan fingerprint density at radius 3 is 3.00 bits per heavy atom. The first-order valence-corrected chi connectivity index (χ1v) is 5.72. The van der Waals surface area contributed by atoms with Crippen molar-refractivity contribution in [2.24, 2.45) is 0 Å². The average Bonchev–Trinajstić information content (AvgIpc) is 2.82. The maximum atomic E-state index is 11.4. The Morgan fingerprint density at radius 1 is 1.53 bits per heavy atom. The quantitative estimate of drug-likeness (QED) is 0.627. The molecule has 2 rings (SSSR count). The average molecular weight is 255 g/mol. The predicted molar refractivity (Wildman–Crippen MR) is 65.8 cm³/mol. The molecular weight excluding hydrogens is 242 g/mol. The van der Waals surface area contributed by atoms with Gasteiger partial charge in [0.05, 0.1) is 7.11 Å². The molecule has 1 aliphatic rings. The number of carbonyl (C=O) groups excluding carboxylic acids is 1. The number of rotatable bonds is 4. The minimum Gasteiger partial charge on any atom is -0.467 e. The highest BCUT2D eigenvalue weighted by Gasteiger charge is 2.19. The zero-order valence-corrected chi connectivity index (χ0v) is 10.2. The van der Waals surface area contributed by atoms with Gasteiger partial charge >= 0.3 is 5.97 Å². The molecule has 1 aliphatic heterocycles. The zero-order chi connectivity index (χ0) is 12.3. The molecule has 0 spiro atoms. The number of thiol groups is 1. The molecule has 0 saturated heterocycles. The Morgan fingerprint density at radius 2 is 2.29 bits per heavy atom. The van der Waals surface area contributed by atoms with E-state index in [0.29, 0.717) is 17.3 Å². The van der Waals surface area contributed by atoms with Crippen LogP contribution >= 0.6 is 12.6 Å². The van der Waals surface area contributed by atoms with Crippen molar-refractivity contribution in [2.45, 2.75) is 6.04 Å². The minimum absolute atomic E-state index is 0.228. The Bertz CT molecular complexity index is 424. The molecule has 0 radical (unpaired) electrons. The second-order valence-electron chi connectivity index (χ2n) is 3.47. The fraction of sp³-hybridized carbons (Fsp3) is 0.364. The van der Waals surface area contributed by atoms with Crippen molar-refractivity contribution in [2.75, 3.05) is 25.0 Å². The van der Waals surface area contributed by atoms with E-state index in [9.17, 15) is 4.79 Å². The molecule has 1 heterocycles. The molecule has 0 amide bonds. The van der Waals surface area contributed by atoms with E-state index in [4.69, 9.17) is 9.47 Å². The minimum atomic E-state index is -0.483. The van der Waals surface area contributed by atoms with E-state index in [1.807, 2.05) is 6.07 Å². The number of anilines is 1. The summed E-state index contributed by atoms with van der Waals surface area (Å²) in [5.41, 5.74) is 0.763. The van der Waals surface area contributed by atoms with Gasteiger partial charge in [0.15, 0.2) is 11.5 Å². The fourth-order valence-electron chi connectivity index (χ4n) is 1.51. The van der Waals surface area contributed by atoms with Crippen LogP contribution in [-0.2, 0) is 9.53 Å². The standard InChI is InChI=1S/C11H13NO4S/c1-14-11(13)8(5-17)12-7-2-3-9-10(4-7)16-6-15-9/h2-4,8,12,17H,5-6H2,1H3/t8-/m1/s1. The van der Waals surface area contributed by atoms with Crippen molar-refractivity contribution in [3.8, 4) is 11.5 Å². The Kier molecular flexibility index (Phi) is 3.63. The number of esters is 1. The normalized spacial score (nSPS) is 14.2. The van der Waals surface area contributed by atoms with Crippen LogP contribution in [0.5, 0.6) is 11.5 Å². The lowest BCUT2D eigenvalue weighted by atomic mass is 10.2. The summed E-state index contributed by atoms with van der Waals surface area (Å²) in [5, 5.41) is 3.02. The summed E-state index contributed by atoms with van der Waals surface area (Å²) in [6.45, 7) is 0.228. The van der Waals surface area contributed by atoms with Crippen molar-refractivity contribution >= 4 is 24.3 Å². The number of ether oxygens (including phenoxy) is 3. The van der Waals surface area contributed by atoms with Crippen LogP contribution in [-0.4, -0.2) is 31.7 Å². The first kappa shape index (κ1) is 11.9. The maximum Gasteiger partial charge on any atom is 0.329 e. The lowest BCUT2D eigenvalue weighted by Crippen LogP contribution is -2.32. The van der Waals surface area contributed by atoms with Crippen LogP contribution in [0, 0.1) is 0 Å². The van der Waals surface area contributed by atoms with Crippen LogP contribution < -0.4 is 14.8 Å². The number of fused-ring (bicyclic) bond motifs is 1. The van der Waals surface area contributed by atoms with Gasteiger partial charge in [0.2, 0.25) is 6.79 Å². The van der Waals surface area contributed by atoms with E-state index in [2.05, 4.69) is 22.7 Å². The van der Waals surface area contributed by atoms with Gasteiger partial charge < -0.3 is 19.5 Å². The Hall–Kier alpha value is -1.56. The molecule has 0 fully saturated rings. The highest BCUT2D eigenvalue weighted by Crippen LogP contribution is 2.34. The summed E-state index contributed by atoms with van der Waals surface area (Å²) in [4.78, 5) is 11.4. The van der Waals surface area contributed by atoms with Gasteiger partial charge in [-0.25, -0.2) is 4.79 Å². The van der Waals surface area contributed by atoms with Gasteiger partial charge in [-0.15, -0.1) is 0 Å². The third-order valence-corrected chi connectivity index (χ3v) is 2.75. The first-order chi connectivity index (χ1) is 8.24. The van der Waals surface area contributed by atoms with Gasteiger partial charge in [-0.1, -0.05) is 0 Å². The molecule has 1 N–H and O–H groups in total. The summed E-state index contributed by atoms with van der Waals surface area (Å²) >= 11 is 4.10. The lowest BCUT2D eigenvalue weighted by molar-refractivity contribution is -0.140. The SMILES string of the molecule is COC(=O)[C@@H](CS)Nc1ccc2c(c1)OCO2. The third-order valence-electron chi connectivity index (χ3n) is 2.38. The number of benzene rings is 1. The molecule has 17 heavy (non-hydrogen) atoms. The molecule has 92 valence electrons. The molecule has 0 unspecified atom stereocenters. The number of hydrogen-bond acceptors (Lipinski definition) is 6. The molecule has 0 aromatic heterocycles. The third kappa shape index (κ3) is 2.58. The maximum absolute atomic E-state index is 11.4. The Labute approximate surface area is 104 Å². The molecule has 1 aromatic rings. The van der Waals surface area contributed by atoms with Crippen molar-refractivity contribution in [1.82, 2.24) is 0 Å². The molecule has 1 atom stereocenters. The smallest absolute Gasteiger partial charge is 0.329 e. The Balaban J connectivity index is 2.10. The van der Waals surface area contributed by atoms with Crippen LogP contribution in [0.25, 0.3) is 0 Å². The highest BCUT2D eigenvalue weighted by molar-refractivity contribution is 7.80. The number of nitrogens with one attached hydrogen (secondary N) is 1. The fourth-order valence-corrected chi connectivity index (χ4v) is 1.75. The number of carbonyl (C=O) groups is 1.